The summed E-state index contributed by atoms with van der Waals surface area (Å²) in [6.07, 6.45) is 9.39. The Balaban J connectivity index is 2.28. The number of rotatable bonds is 2. The number of allylic oxidation sites excluding steroid dienone is 4. The molecule has 18 heavy (non-hydrogen) atoms. The molecule has 0 saturated carbocycles. The average Bonchev–Trinajstić information content (AvgIpc) is 2.86. The number of benzene rings is 1. The lowest BCUT2D eigenvalue weighted by Crippen LogP contribution is -2.03. The Morgan fingerprint density at radius 3 is 2.89 bits per heavy atom. The van der Waals surface area contributed by atoms with Crippen LogP contribution in [-0.2, 0) is 0 Å². The van der Waals surface area contributed by atoms with E-state index in [1.54, 1.807) is 6.07 Å². The summed E-state index contributed by atoms with van der Waals surface area (Å²) in [5, 5.41) is 10.1. The molecule has 1 aliphatic rings. The van der Waals surface area contributed by atoms with Gasteiger partial charge in [-0.2, -0.15) is 0 Å². The van der Waals surface area contributed by atoms with Gasteiger partial charge in [-0.15, -0.1) is 0 Å². The molecule has 3 rings (SSSR count). The SMILES string of the molecule is O=C(O)c1c(C2=CC=CCC2)ccc2occc12. The molecule has 0 spiro atoms. The number of hydrogen-bond acceptors (Lipinski definition) is 2. The summed E-state index contributed by atoms with van der Waals surface area (Å²) >= 11 is 0. The second kappa shape index (κ2) is 4.18. The minimum absolute atomic E-state index is 0.336. The average molecular weight is 240 g/mol. The molecular weight excluding hydrogens is 228 g/mol. The summed E-state index contributed by atoms with van der Waals surface area (Å²) in [6, 6.07) is 5.37. The first-order valence-corrected chi connectivity index (χ1v) is 5.87. The maximum Gasteiger partial charge on any atom is 0.337 e. The Kier molecular flexibility index (Phi) is 2.52. The van der Waals surface area contributed by atoms with Gasteiger partial charge in [0, 0.05) is 5.39 Å². The van der Waals surface area contributed by atoms with Crippen LogP contribution in [0.5, 0.6) is 0 Å². The van der Waals surface area contributed by atoms with Crippen LogP contribution < -0.4 is 0 Å². The Hall–Kier alpha value is -2.29. The fourth-order valence-corrected chi connectivity index (χ4v) is 2.37. The molecule has 90 valence electrons. The zero-order chi connectivity index (χ0) is 12.5. The summed E-state index contributed by atoms with van der Waals surface area (Å²) in [6.45, 7) is 0. The molecule has 0 fully saturated rings. The molecule has 0 saturated heterocycles. The molecule has 1 N–H and O–H groups in total. The Bertz CT molecular complexity index is 674. The van der Waals surface area contributed by atoms with Gasteiger partial charge in [0.15, 0.2) is 0 Å². The van der Waals surface area contributed by atoms with Gasteiger partial charge in [0.05, 0.1) is 11.8 Å². The van der Waals surface area contributed by atoms with Crippen molar-refractivity contribution in [1.29, 1.82) is 0 Å². The fourth-order valence-electron chi connectivity index (χ4n) is 2.37. The Labute approximate surface area is 104 Å². The lowest BCUT2D eigenvalue weighted by Gasteiger charge is -2.12. The highest BCUT2D eigenvalue weighted by Crippen LogP contribution is 2.31. The van der Waals surface area contributed by atoms with Crippen molar-refractivity contribution in [2.24, 2.45) is 0 Å². The molecule has 0 unspecified atom stereocenters. The monoisotopic (exact) mass is 240 g/mol. The van der Waals surface area contributed by atoms with E-state index in [1.807, 2.05) is 24.3 Å². The smallest absolute Gasteiger partial charge is 0.337 e. The van der Waals surface area contributed by atoms with Crippen LogP contribution in [0.2, 0.25) is 0 Å². The standard InChI is InChI=1S/C15H12O3/c16-15(17)14-11(10-4-2-1-3-5-10)6-7-13-12(14)8-9-18-13/h1-2,4,6-9H,3,5H2,(H,16,17). The van der Waals surface area contributed by atoms with Gasteiger partial charge in [0.1, 0.15) is 5.58 Å². The molecule has 1 heterocycles. The fraction of sp³-hybridized carbons (Fsp3) is 0.133. The molecule has 1 aliphatic carbocycles. The zero-order valence-electron chi connectivity index (χ0n) is 9.72. The van der Waals surface area contributed by atoms with Crippen LogP contribution >= 0.6 is 0 Å². The van der Waals surface area contributed by atoms with Gasteiger partial charge in [-0.25, -0.2) is 4.79 Å². The van der Waals surface area contributed by atoms with E-state index < -0.39 is 5.97 Å². The first-order chi connectivity index (χ1) is 8.77. The molecule has 1 aromatic heterocycles. The van der Waals surface area contributed by atoms with Gasteiger partial charge in [0.25, 0.3) is 0 Å². The van der Waals surface area contributed by atoms with E-state index in [0.717, 1.165) is 24.0 Å². The van der Waals surface area contributed by atoms with E-state index >= 15 is 0 Å². The summed E-state index contributed by atoms with van der Waals surface area (Å²) in [4.78, 5) is 11.5. The molecule has 2 aromatic rings. The van der Waals surface area contributed by atoms with E-state index in [9.17, 15) is 9.90 Å². The number of aromatic carboxylic acids is 1. The van der Waals surface area contributed by atoms with E-state index in [4.69, 9.17) is 4.42 Å². The predicted octanol–water partition coefficient (Wildman–Crippen LogP) is 3.86. The summed E-state index contributed by atoms with van der Waals surface area (Å²) in [5.41, 5.74) is 2.81. The summed E-state index contributed by atoms with van der Waals surface area (Å²) in [7, 11) is 0. The van der Waals surface area contributed by atoms with Crippen molar-refractivity contribution < 1.29 is 14.3 Å². The number of furan rings is 1. The third-order valence-electron chi connectivity index (χ3n) is 3.21. The summed E-state index contributed by atoms with van der Waals surface area (Å²) < 4.78 is 5.25. The first kappa shape index (κ1) is 10.8. The predicted molar refractivity (Wildman–Crippen MR) is 69.5 cm³/mol. The third-order valence-corrected chi connectivity index (χ3v) is 3.21. The lowest BCUT2D eigenvalue weighted by atomic mass is 9.92. The van der Waals surface area contributed by atoms with Crippen LogP contribution in [0.15, 0.2) is 47.1 Å². The minimum atomic E-state index is -0.910. The van der Waals surface area contributed by atoms with Crippen molar-refractivity contribution in [3.8, 4) is 0 Å². The van der Waals surface area contributed by atoms with Crippen LogP contribution in [-0.4, -0.2) is 11.1 Å². The highest BCUT2D eigenvalue weighted by Gasteiger charge is 2.18. The minimum Gasteiger partial charge on any atom is -0.478 e. The van der Waals surface area contributed by atoms with Gasteiger partial charge in [-0.1, -0.05) is 24.3 Å². The topological polar surface area (TPSA) is 50.4 Å². The maximum atomic E-state index is 11.5. The van der Waals surface area contributed by atoms with Gasteiger partial charge in [-0.05, 0) is 36.1 Å². The maximum absolute atomic E-state index is 11.5. The summed E-state index contributed by atoms with van der Waals surface area (Å²) in [5.74, 6) is -0.910. The van der Waals surface area contributed by atoms with Gasteiger partial charge >= 0.3 is 5.97 Å². The third kappa shape index (κ3) is 1.64. The second-order valence-corrected chi connectivity index (χ2v) is 4.28. The van der Waals surface area contributed by atoms with Crippen molar-refractivity contribution in [1.82, 2.24) is 0 Å². The zero-order valence-corrected chi connectivity index (χ0v) is 9.72. The van der Waals surface area contributed by atoms with Crippen molar-refractivity contribution in [2.45, 2.75) is 12.8 Å². The highest BCUT2D eigenvalue weighted by molar-refractivity contribution is 6.06. The quantitative estimate of drug-likeness (QED) is 0.867. The molecule has 0 atom stereocenters. The van der Waals surface area contributed by atoms with Gasteiger partial charge in [-0.3, -0.25) is 0 Å². The molecule has 0 radical (unpaired) electrons. The van der Waals surface area contributed by atoms with E-state index in [2.05, 4.69) is 6.08 Å². The van der Waals surface area contributed by atoms with Crippen LogP contribution in [0.1, 0.15) is 28.8 Å². The van der Waals surface area contributed by atoms with Gasteiger partial charge in [0.2, 0.25) is 0 Å². The molecule has 3 nitrogen and oxygen atoms in total. The highest BCUT2D eigenvalue weighted by atomic mass is 16.4. The lowest BCUT2D eigenvalue weighted by molar-refractivity contribution is 0.0698. The van der Waals surface area contributed by atoms with Crippen LogP contribution in [0.4, 0.5) is 0 Å². The first-order valence-electron chi connectivity index (χ1n) is 5.87. The molecular formula is C15H12O3. The number of carboxylic acids is 1. The Morgan fingerprint density at radius 2 is 2.17 bits per heavy atom. The Morgan fingerprint density at radius 1 is 1.28 bits per heavy atom. The van der Waals surface area contributed by atoms with Crippen LogP contribution in [0, 0.1) is 0 Å². The second-order valence-electron chi connectivity index (χ2n) is 4.28. The number of hydrogen-bond donors (Lipinski definition) is 1. The van der Waals surface area contributed by atoms with Crippen LogP contribution in [0.3, 0.4) is 0 Å². The molecule has 1 aromatic carbocycles. The molecule has 0 amide bonds. The van der Waals surface area contributed by atoms with E-state index in [1.165, 1.54) is 6.26 Å². The largest absolute Gasteiger partial charge is 0.478 e. The van der Waals surface area contributed by atoms with Gasteiger partial charge < -0.3 is 9.52 Å². The molecule has 3 heteroatoms. The van der Waals surface area contributed by atoms with Crippen molar-refractivity contribution in [3.63, 3.8) is 0 Å². The number of fused-ring (bicyclic) bond motifs is 1. The van der Waals surface area contributed by atoms with Crippen molar-refractivity contribution >= 4 is 22.5 Å². The van der Waals surface area contributed by atoms with Crippen molar-refractivity contribution in [2.75, 3.05) is 0 Å². The molecule has 0 aliphatic heterocycles. The van der Waals surface area contributed by atoms with E-state index in [0.29, 0.717) is 16.5 Å². The van der Waals surface area contributed by atoms with Crippen LogP contribution in [0.25, 0.3) is 16.5 Å². The normalized spacial score (nSPS) is 14.8. The molecule has 0 bridgehead atoms. The number of carbonyl (C=O) groups is 1. The number of carboxylic acid groups (broad SMARTS) is 1. The van der Waals surface area contributed by atoms with E-state index in [-0.39, 0.29) is 0 Å². The van der Waals surface area contributed by atoms with Crippen molar-refractivity contribution in [3.05, 3.63) is 53.8 Å².